The highest BCUT2D eigenvalue weighted by Crippen LogP contribution is 2.00. The van der Waals surface area contributed by atoms with Crippen molar-refractivity contribution in [2.24, 2.45) is 0 Å². The molecule has 0 aliphatic rings. The van der Waals surface area contributed by atoms with Gasteiger partial charge >= 0.3 is 5.30 Å². The summed E-state index contributed by atoms with van der Waals surface area (Å²) in [7, 11) is 0. The van der Waals surface area contributed by atoms with Gasteiger partial charge in [0.15, 0.2) is 5.49 Å². The van der Waals surface area contributed by atoms with Gasteiger partial charge in [-0.15, -0.1) is 0 Å². The Hall–Kier alpha value is -0.290. The van der Waals surface area contributed by atoms with E-state index in [2.05, 4.69) is 22.5 Å². The van der Waals surface area contributed by atoms with Crippen molar-refractivity contribution in [1.82, 2.24) is 5.06 Å². The van der Waals surface area contributed by atoms with Crippen molar-refractivity contribution in [3.63, 3.8) is 0 Å². The minimum atomic E-state index is -0.376. The van der Waals surface area contributed by atoms with Crippen LogP contribution in [0.4, 0.5) is 4.79 Å². The van der Waals surface area contributed by atoms with E-state index in [1.54, 1.807) is 6.26 Å². The van der Waals surface area contributed by atoms with E-state index in [-0.39, 0.29) is 5.30 Å². The number of hydrogen-bond acceptors (Lipinski definition) is 4. The summed E-state index contributed by atoms with van der Waals surface area (Å²) in [4.78, 5) is 15.2. The average Bonchev–Trinajstić information content (AvgIpc) is 1.99. The Morgan fingerprint density at radius 2 is 2.50 bits per heavy atom. The predicted octanol–water partition coefficient (Wildman–Crippen LogP) is 1.56. The molecule has 0 saturated heterocycles. The standard InChI is InChI=1S/C5H8NO2S2/c1-3-6(4-9)8-5(7)10-2/h3H2,1-2H3. The molecule has 0 N–H and O–H groups in total. The highest BCUT2D eigenvalue weighted by atomic mass is 32.2. The van der Waals surface area contributed by atoms with Gasteiger partial charge in [-0.2, -0.15) is 5.06 Å². The Kier molecular flexibility index (Phi) is 5.33. The summed E-state index contributed by atoms with van der Waals surface area (Å²) >= 11 is 5.42. The average molecular weight is 178 g/mol. The first kappa shape index (κ1) is 9.71. The summed E-state index contributed by atoms with van der Waals surface area (Å²) in [5, 5.41) is 0.799. The number of hydroxylamine groups is 2. The van der Waals surface area contributed by atoms with Crippen molar-refractivity contribution in [2.45, 2.75) is 6.92 Å². The lowest BCUT2D eigenvalue weighted by molar-refractivity contribution is -0.00804. The van der Waals surface area contributed by atoms with Gasteiger partial charge in [0.05, 0.1) is 6.54 Å². The molecule has 0 heterocycles. The lowest BCUT2D eigenvalue weighted by Gasteiger charge is -2.12. The van der Waals surface area contributed by atoms with Crippen molar-refractivity contribution in [1.29, 1.82) is 0 Å². The Balaban J connectivity index is 3.62. The maximum Gasteiger partial charge on any atom is 0.391 e. The van der Waals surface area contributed by atoms with Crippen molar-refractivity contribution < 1.29 is 9.63 Å². The van der Waals surface area contributed by atoms with Gasteiger partial charge in [0.2, 0.25) is 0 Å². The summed E-state index contributed by atoms with van der Waals surface area (Å²) in [6, 6.07) is 0. The zero-order valence-corrected chi connectivity index (χ0v) is 7.42. The molecule has 0 aromatic carbocycles. The molecule has 5 heteroatoms. The summed E-state index contributed by atoms with van der Waals surface area (Å²) in [6.45, 7) is 2.34. The molecule has 10 heavy (non-hydrogen) atoms. The maximum absolute atomic E-state index is 10.6. The lowest BCUT2D eigenvalue weighted by atomic mass is 10.8. The van der Waals surface area contributed by atoms with Crippen LogP contribution < -0.4 is 0 Å². The topological polar surface area (TPSA) is 29.5 Å². The minimum Gasteiger partial charge on any atom is -0.329 e. The first-order chi connectivity index (χ1) is 4.74. The molecule has 0 aromatic heterocycles. The Morgan fingerprint density at radius 1 is 1.90 bits per heavy atom. The highest BCUT2D eigenvalue weighted by molar-refractivity contribution is 8.12. The summed E-state index contributed by atoms with van der Waals surface area (Å²) in [5.41, 5.74) is 2.28. The molecule has 0 fully saturated rings. The van der Waals surface area contributed by atoms with E-state index < -0.39 is 0 Å². The number of carbonyl (C=O) groups is 1. The first-order valence-electron chi connectivity index (χ1n) is 2.65. The van der Waals surface area contributed by atoms with Crippen molar-refractivity contribution in [3.05, 3.63) is 0 Å². The van der Waals surface area contributed by atoms with Crippen molar-refractivity contribution in [2.75, 3.05) is 12.8 Å². The van der Waals surface area contributed by atoms with E-state index in [0.717, 1.165) is 11.8 Å². The number of carbonyl (C=O) groups excluding carboxylic acids is 1. The quantitative estimate of drug-likeness (QED) is 0.371. The smallest absolute Gasteiger partial charge is 0.329 e. The highest BCUT2D eigenvalue weighted by Gasteiger charge is 2.03. The second kappa shape index (κ2) is 5.49. The van der Waals surface area contributed by atoms with Crippen LogP contribution in [0, 0.1) is 0 Å². The molecule has 3 nitrogen and oxygen atoms in total. The predicted molar refractivity (Wildman–Crippen MR) is 45.0 cm³/mol. The largest absolute Gasteiger partial charge is 0.391 e. The van der Waals surface area contributed by atoms with Crippen LogP contribution in [-0.4, -0.2) is 28.7 Å². The molecular weight excluding hydrogens is 170 g/mol. The monoisotopic (exact) mass is 178 g/mol. The van der Waals surface area contributed by atoms with E-state index in [4.69, 9.17) is 0 Å². The Bertz CT molecular complexity index is 129. The van der Waals surface area contributed by atoms with Crippen molar-refractivity contribution >= 4 is 34.8 Å². The van der Waals surface area contributed by atoms with Gasteiger partial charge in [-0.1, -0.05) is 12.2 Å². The van der Waals surface area contributed by atoms with Crippen LogP contribution in [0.5, 0.6) is 0 Å². The summed E-state index contributed by atoms with van der Waals surface area (Å²) in [5.74, 6) is 0. The molecule has 0 atom stereocenters. The number of thioether (sulfide) groups is 1. The molecule has 0 bridgehead atoms. The second-order valence-corrected chi connectivity index (χ2v) is 2.26. The number of thiocarbonyl (C=S) groups is 1. The third-order valence-corrected chi connectivity index (χ3v) is 1.35. The van der Waals surface area contributed by atoms with Crippen LogP contribution >= 0.6 is 24.0 Å². The SMILES string of the molecule is CCN([C]=S)OC(=O)SC. The number of nitrogens with zero attached hydrogens (tertiary/aromatic N) is 1. The van der Waals surface area contributed by atoms with Crippen LogP contribution in [-0.2, 0) is 4.84 Å². The van der Waals surface area contributed by atoms with Crippen LogP contribution in [0.3, 0.4) is 0 Å². The van der Waals surface area contributed by atoms with E-state index in [0.29, 0.717) is 6.54 Å². The van der Waals surface area contributed by atoms with Crippen LogP contribution in [0.2, 0.25) is 0 Å². The fourth-order valence-corrected chi connectivity index (χ4v) is 0.606. The zero-order chi connectivity index (χ0) is 7.98. The lowest BCUT2D eigenvalue weighted by Crippen LogP contribution is -2.22. The third kappa shape index (κ3) is 3.68. The van der Waals surface area contributed by atoms with Gasteiger partial charge in [0, 0.05) is 0 Å². The molecule has 0 rings (SSSR count). The molecule has 0 aliphatic heterocycles. The maximum atomic E-state index is 10.6. The van der Waals surface area contributed by atoms with Crippen LogP contribution in [0.25, 0.3) is 0 Å². The normalized spacial score (nSPS) is 8.60. The van der Waals surface area contributed by atoms with Gasteiger partial charge < -0.3 is 4.84 Å². The second-order valence-electron chi connectivity index (χ2n) is 1.33. The van der Waals surface area contributed by atoms with Gasteiger partial charge in [-0.25, -0.2) is 4.79 Å². The Labute approximate surface area is 69.7 Å². The summed E-state index contributed by atoms with van der Waals surface area (Å²) < 4.78 is 0. The number of hydrogen-bond donors (Lipinski definition) is 0. The third-order valence-electron chi connectivity index (χ3n) is 0.740. The zero-order valence-electron chi connectivity index (χ0n) is 5.79. The molecule has 0 aromatic rings. The minimum absolute atomic E-state index is 0.376. The molecular formula is C5H8NO2S2. The van der Waals surface area contributed by atoms with E-state index in [1.165, 1.54) is 5.06 Å². The van der Waals surface area contributed by atoms with Gasteiger partial charge in [0.1, 0.15) is 0 Å². The van der Waals surface area contributed by atoms with Crippen LogP contribution in [0.1, 0.15) is 6.92 Å². The molecule has 0 saturated carbocycles. The Morgan fingerprint density at radius 3 is 2.80 bits per heavy atom. The molecule has 57 valence electrons. The van der Waals surface area contributed by atoms with Gasteiger partial charge in [-0.05, 0) is 24.9 Å². The molecule has 0 amide bonds. The van der Waals surface area contributed by atoms with Gasteiger partial charge in [0.25, 0.3) is 0 Å². The molecule has 0 unspecified atom stereocenters. The number of rotatable bonds is 3. The molecule has 1 radical (unpaired) electrons. The van der Waals surface area contributed by atoms with E-state index >= 15 is 0 Å². The van der Waals surface area contributed by atoms with Crippen LogP contribution in [0.15, 0.2) is 0 Å². The molecule has 0 spiro atoms. The molecule has 0 aliphatic carbocycles. The first-order valence-corrected chi connectivity index (χ1v) is 4.29. The van der Waals surface area contributed by atoms with E-state index in [1.807, 2.05) is 6.92 Å². The fraction of sp³-hybridized carbons (Fsp3) is 0.600. The summed E-state index contributed by atoms with van der Waals surface area (Å²) in [6.07, 6.45) is 1.64. The fourth-order valence-electron chi connectivity index (χ4n) is 0.275. The van der Waals surface area contributed by atoms with Gasteiger partial charge in [-0.3, -0.25) is 0 Å². The van der Waals surface area contributed by atoms with E-state index in [9.17, 15) is 4.79 Å². The van der Waals surface area contributed by atoms with Crippen molar-refractivity contribution in [3.8, 4) is 0 Å².